The molecule has 0 aromatic rings. The lowest BCUT2D eigenvalue weighted by Gasteiger charge is -2.09. The summed E-state index contributed by atoms with van der Waals surface area (Å²) in [6.07, 6.45) is 0.951. The minimum atomic E-state index is -0.285. The van der Waals surface area contributed by atoms with Crippen LogP contribution in [0.25, 0.3) is 0 Å². The van der Waals surface area contributed by atoms with E-state index in [2.05, 4.69) is 16.0 Å². The van der Waals surface area contributed by atoms with Crippen molar-refractivity contribution in [3.63, 3.8) is 0 Å². The Balaban J connectivity index is 3.30. The summed E-state index contributed by atoms with van der Waals surface area (Å²) in [6.45, 7) is 5.95. The third kappa shape index (κ3) is 24.6. The van der Waals surface area contributed by atoms with Gasteiger partial charge in [-0.25, -0.2) is 0 Å². The largest absolute Gasteiger partial charge is 0.379 e. The van der Waals surface area contributed by atoms with E-state index in [4.69, 9.17) is 34.2 Å². The number of nitrogens with two attached hydrogens (primary N) is 1. The van der Waals surface area contributed by atoms with Crippen LogP contribution in [0.4, 0.5) is 0 Å². The third-order valence-electron chi connectivity index (χ3n) is 3.60. The van der Waals surface area contributed by atoms with E-state index in [1.165, 1.54) is 0 Å². The lowest BCUT2D eigenvalue weighted by Crippen LogP contribution is -2.33. The van der Waals surface area contributed by atoms with Crippen molar-refractivity contribution in [2.75, 3.05) is 99.0 Å². The maximum atomic E-state index is 11.6. The SMILES string of the molecule is CCCOCCOCC(=O)NCCOCCOCC(=O)NCCOCCOCC(=O)NCN. The zero-order valence-electron chi connectivity index (χ0n) is 19.6. The summed E-state index contributed by atoms with van der Waals surface area (Å²) in [7, 11) is 0. The van der Waals surface area contributed by atoms with Gasteiger partial charge in [-0.2, -0.15) is 0 Å². The summed E-state index contributed by atoms with van der Waals surface area (Å²) < 4.78 is 31.3. The zero-order valence-corrected chi connectivity index (χ0v) is 19.6. The lowest BCUT2D eigenvalue weighted by molar-refractivity contribution is -0.127. The van der Waals surface area contributed by atoms with Gasteiger partial charge in [0.1, 0.15) is 19.8 Å². The van der Waals surface area contributed by atoms with Crippen LogP contribution in [0.15, 0.2) is 0 Å². The fraction of sp³-hybridized carbons (Fsp3) is 0.850. The third-order valence-corrected chi connectivity index (χ3v) is 3.60. The van der Waals surface area contributed by atoms with Gasteiger partial charge in [0.2, 0.25) is 17.7 Å². The van der Waals surface area contributed by atoms with E-state index in [1.54, 1.807) is 0 Å². The summed E-state index contributed by atoms with van der Waals surface area (Å²) in [5, 5.41) is 7.72. The number of nitrogens with one attached hydrogen (secondary N) is 3. The molecular weight excluding hydrogens is 440 g/mol. The molecule has 0 saturated heterocycles. The molecule has 0 radical (unpaired) electrons. The Hall–Kier alpha value is -1.87. The highest BCUT2D eigenvalue weighted by molar-refractivity contribution is 5.77. The van der Waals surface area contributed by atoms with E-state index in [1.807, 2.05) is 6.92 Å². The highest BCUT2D eigenvalue weighted by Gasteiger charge is 2.03. The van der Waals surface area contributed by atoms with Gasteiger partial charge in [0, 0.05) is 19.7 Å². The lowest BCUT2D eigenvalue weighted by atomic mass is 10.5. The second kappa shape index (κ2) is 24.8. The number of hydrogen-bond acceptors (Lipinski definition) is 10. The average molecular weight is 481 g/mol. The number of amides is 3. The summed E-state index contributed by atoms with van der Waals surface area (Å²) in [6, 6.07) is 0. The van der Waals surface area contributed by atoms with Crippen LogP contribution < -0.4 is 21.7 Å². The molecule has 0 bridgehead atoms. The van der Waals surface area contributed by atoms with Crippen LogP contribution in [0.3, 0.4) is 0 Å². The van der Waals surface area contributed by atoms with Crippen molar-refractivity contribution in [3.8, 4) is 0 Å². The Bertz CT molecular complexity index is 498. The Morgan fingerprint density at radius 1 is 0.545 bits per heavy atom. The van der Waals surface area contributed by atoms with Gasteiger partial charge in [-0.05, 0) is 6.42 Å². The minimum Gasteiger partial charge on any atom is -0.379 e. The molecule has 0 atom stereocenters. The maximum Gasteiger partial charge on any atom is 0.246 e. The summed E-state index contributed by atoms with van der Waals surface area (Å²) >= 11 is 0. The molecule has 0 spiro atoms. The normalized spacial score (nSPS) is 10.7. The number of carbonyl (C=O) groups is 3. The fourth-order valence-electron chi connectivity index (χ4n) is 2.09. The van der Waals surface area contributed by atoms with Crippen molar-refractivity contribution in [3.05, 3.63) is 0 Å². The predicted octanol–water partition coefficient (Wildman–Crippen LogP) is -2.24. The van der Waals surface area contributed by atoms with Gasteiger partial charge in [-0.15, -0.1) is 0 Å². The zero-order chi connectivity index (χ0) is 24.4. The predicted molar refractivity (Wildman–Crippen MR) is 118 cm³/mol. The Morgan fingerprint density at radius 3 is 1.30 bits per heavy atom. The van der Waals surface area contributed by atoms with E-state index in [0.717, 1.165) is 6.42 Å². The standard InChI is InChI=1S/C20H40N4O9/c1-2-5-28-8-11-31-14-18(25)22-3-6-29-9-12-32-15-19(26)23-4-7-30-10-13-33-16-20(27)24-17-21/h2-17,21H2,1H3,(H,22,25)(H,23,26)(H,24,27). The van der Waals surface area contributed by atoms with E-state index in [-0.39, 0.29) is 57.4 Å². The van der Waals surface area contributed by atoms with E-state index in [9.17, 15) is 14.4 Å². The Kier molecular flexibility index (Phi) is 23.4. The Morgan fingerprint density at radius 2 is 0.909 bits per heavy atom. The molecule has 0 aliphatic heterocycles. The van der Waals surface area contributed by atoms with Gasteiger partial charge >= 0.3 is 0 Å². The first kappa shape index (κ1) is 31.1. The quantitative estimate of drug-likeness (QED) is 0.0875. The van der Waals surface area contributed by atoms with Gasteiger partial charge in [0.25, 0.3) is 0 Å². The monoisotopic (exact) mass is 480 g/mol. The molecule has 0 aliphatic carbocycles. The molecule has 0 aliphatic rings. The van der Waals surface area contributed by atoms with Crippen LogP contribution in [-0.2, 0) is 42.8 Å². The maximum absolute atomic E-state index is 11.6. The highest BCUT2D eigenvalue weighted by Crippen LogP contribution is 1.84. The number of ether oxygens (including phenoxy) is 6. The molecule has 0 saturated carbocycles. The summed E-state index contributed by atoms with van der Waals surface area (Å²) in [4.78, 5) is 34.2. The molecule has 0 fully saturated rings. The smallest absolute Gasteiger partial charge is 0.246 e. The average Bonchev–Trinajstić information content (AvgIpc) is 2.79. The molecule has 5 N–H and O–H groups in total. The van der Waals surface area contributed by atoms with Crippen molar-refractivity contribution < 1.29 is 42.8 Å². The number of hydrogen-bond donors (Lipinski definition) is 4. The van der Waals surface area contributed by atoms with E-state index >= 15 is 0 Å². The molecule has 33 heavy (non-hydrogen) atoms. The number of carbonyl (C=O) groups excluding carboxylic acids is 3. The molecule has 194 valence electrons. The first-order chi connectivity index (χ1) is 16.1. The molecule has 0 aromatic carbocycles. The van der Waals surface area contributed by atoms with E-state index in [0.29, 0.717) is 59.3 Å². The van der Waals surface area contributed by atoms with E-state index < -0.39 is 0 Å². The van der Waals surface area contributed by atoms with Crippen LogP contribution in [0.2, 0.25) is 0 Å². The highest BCUT2D eigenvalue weighted by atomic mass is 16.5. The second-order valence-corrected chi connectivity index (χ2v) is 6.50. The van der Waals surface area contributed by atoms with Crippen molar-refractivity contribution in [2.24, 2.45) is 5.73 Å². The van der Waals surface area contributed by atoms with Crippen LogP contribution in [0.5, 0.6) is 0 Å². The fourth-order valence-corrected chi connectivity index (χ4v) is 2.09. The van der Waals surface area contributed by atoms with Crippen LogP contribution in [0.1, 0.15) is 13.3 Å². The van der Waals surface area contributed by atoms with Crippen LogP contribution in [0, 0.1) is 0 Å². The van der Waals surface area contributed by atoms with Gasteiger partial charge in [0.15, 0.2) is 0 Å². The Labute approximate surface area is 195 Å². The van der Waals surface area contributed by atoms with Crippen molar-refractivity contribution in [1.29, 1.82) is 0 Å². The first-order valence-corrected chi connectivity index (χ1v) is 11.1. The van der Waals surface area contributed by atoms with Crippen molar-refractivity contribution in [1.82, 2.24) is 16.0 Å². The molecule has 0 heterocycles. The first-order valence-electron chi connectivity index (χ1n) is 11.1. The summed E-state index contributed by atoms with van der Waals surface area (Å²) in [5.74, 6) is -0.763. The molecule has 0 unspecified atom stereocenters. The van der Waals surface area contributed by atoms with Gasteiger partial charge in [0.05, 0.1) is 59.5 Å². The van der Waals surface area contributed by atoms with Crippen molar-refractivity contribution in [2.45, 2.75) is 13.3 Å². The minimum absolute atomic E-state index is 0.0134. The van der Waals surface area contributed by atoms with Crippen molar-refractivity contribution >= 4 is 17.7 Å². The number of rotatable bonds is 24. The van der Waals surface area contributed by atoms with Gasteiger partial charge in [-0.3, -0.25) is 14.4 Å². The topological polar surface area (TPSA) is 169 Å². The van der Waals surface area contributed by atoms with Gasteiger partial charge in [-0.1, -0.05) is 6.92 Å². The molecule has 13 nitrogen and oxygen atoms in total. The molecular formula is C20H40N4O9. The molecule has 0 aromatic heterocycles. The summed E-state index contributed by atoms with van der Waals surface area (Å²) in [5.41, 5.74) is 5.16. The van der Waals surface area contributed by atoms with Crippen LogP contribution in [-0.4, -0.2) is 117 Å². The molecule has 3 amide bonds. The molecule has 0 rings (SSSR count). The molecule has 13 heteroatoms. The van der Waals surface area contributed by atoms with Gasteiger partial charge < -0.3 is 50.1 Å². The van der Waals surface area contributed by atoms with Crippen LogP contribution >= 0.6 is 0 Å². The second-order valence-electron chi connectivity index (χ2n) is 6.50.